The lowest BCUT2D eigenvalue weighted by molar-refractivity contribution is -0.150. The molecule has 0 unspecified atom stereocenters. The normalized spacial score (nSPS) is 16.4. The quantitative estimate of drug-likeness (QED) is 0.499. The Bertz CT molecular complexity index is 848. The van der Waals surface area contributed by atoms with Crippen molar-refractivity contribution < 1.29 is 33.8 Å². The van der Waals surface area contributed by atoms with Crippen molar-refractivity contribution in [2.75, 3.05) is 13.2 Å². The minimum absolute atomic E-state index is 0.00748. The maximum absolute atomic E-state index is 12.5. The molecule has 11 heteroatoms. The first-order valence-electron chi connectivity index (χ1n) is 7.93. The number of nitrogens with zero attached hydrogens (tertiary/aromatic N) is 1. The molecule has 0 radical (unpaired) electrons. The largest absolute Gasteiger partial charge is 0.479 e. The van der Waals surface area contributed by atoms with Crippen LogP contribution in [0.1, 0.15) is 19.4 Å². The fourth-order valence-corrected chi connectivity index (χ4v) is 3.79. The maximum Gasteiger partial charge on any atom is 0.341 e. The van der Waals surface area contributed by atoms with Crippen molar-refractivity contribution in [1.29, 1.82) is 0 Å². The molecule has 28 heavy (non-hydrogen) atoms. The van der Waals surface area contributed by atoms with Gasteiger partial charge in [-0.15, -0.1) is 0 Å². The smallest absolute Gasteiger partial charge is 0.341 e. The standard InChI is InChI=1S/C17H15Cl2NO7S/c1-3-26-16(24)8(2)20-15(23)12(28-17(20)25)6-9-4-10(18)14(11(19)5-9)27-7-13(21)22/h4-6,8H,3,7H2,1-2H3,(H,21,22)/b12-6+/t8-/m0/s1. The van der Waals surface area contributed by atoms with Crippen molar-refractivity contribution >= 4 is 64.1 Å². The van der Waals surface area contributed by atoms with E-state index >= 15 is 0 Å². The van der Waals surface area contributed by atoms with Gasteiger partial charge in [0.05, 0.1) is 21.6 Å². The van der Waals surface area contributed by atoms with Crippen LogP contribution in [0.4, 0.5) is 4.79 Å². The zero-order chi connectivity index (χ0) is 21.0. The summed E-state index contributed by atoms with van der Waals surface area (Å²) in [6, 6.07) is 1.76. The van der Waals surface area contributed by atoms with E-state index in [4.69, 9.17) is 37.8 Å². The lowest BCUT2D eigenvalue weighted by Gasteiger charge is -2.19. The number of hydrogen-bond donors (Lipinski definition) is 1. The third-order valence-corrected chi connectivity index (χ3v) is 4.94. The van der Waals surface area contributed by atoms with Crippen LogP contribution in [0, 0.1) is 0 Å². The molecule has 8 nitrogen and oxygen atoms in total. The number of ether oxygens (including phenoxy) is 2. The van der Waals surface area contributed by atoms with E-state index < -0.39 is 35.7 Å². The first-order chi connectivity index (χ1) is 13.1. The van der Waals surface area contributed by atoms with Crippen LogP contribution in [0.15, 0.2) is 17.0 Å². The molecule has 1 saturated heterocycles. The van der Waals surface area contributed by atoms with Gasteiger partial charge in [-0.05, 0) is 49.4 Å². The molecule has 0 aromatic heterocycles. The van der Waals surface area contributed by atoms with E-state index in [2.05, 4.69) is 0 Å². The van der Waals surface area contributed by atoms with Gasteiger partial charge in [0.1, 0.15) is 6.04 Å². The molecule has 1 atom stereocenters. The number of carboxylic acids is 1. The van der Waals surface area contributed by atoms with Crippen molar-refractivity contribution in [1.82, 2.24) is 4.90 Å². The van der Waals surface area contributed by atoms with Crippen LogP contribution in [0.25, 0.3) is 6.08 Å². The molecule has 2 rings (SSSR count). The number of carboxylic acid groups (broad SMARTS) is 1. The summed E-state index contributed by atoms with van der Waals surface area (Å²) in [6.07, 6.45) is 1.39. The molecule has 0 bridgehead atoms. The maximum atomic E-state index is 12.5. The number of esters is 1. The minimum Gasteiger partial charge on any atom is -0.479 e. The summed E-state index contributed by atoms with van der Waals surface area (Å²) in [5, 5.41) is 8.15. The number of amides is 2. The Labute approximate surface area is 174 Å². The third kappa shape index (κ3) is 4.98. The van der Waals surface area contributed by atoms with Gasteiger partial charge in [-0.25, -0.2) is 9.59 Å². The molecule has 2 amide bonds. The molecule has 1 N–H and O–H groups in total. The molecular weight excluding hydrogens is 433 g/mol. The molecule has 150 valence electrons. The van der Waals surface area contributed by atoms with Crippen molar-refractivity contribution in [2.24, 2.45) is 0 Å². The number of hydrogen-bond acceptors (Lipinski definition) is 7. The SMILES string of the molecule is CCOC(=O)[C@H](C)N1C(=O)S/C(=C/c2cc(Cl)c(OCC(=O)O)c(Cl)c2)C1=O. The molecule has 1 aliphatic rings. The number of rotatable bonds is 7. The molecule has 0 spiro atoms. The Morgan fingerprint density at radius 1 is 1.29 bits per heavy atom. The molecule has 0 aliphatic carbocycles. The van der Waals surface area contributed by atoms with Crippen LogP contribution >= 0.6 is 35.0 Å². The Morgan fingerprint density at radius 3 is 2.43 bits per heavy atom. The topological polar surface area (TPSA) is 110 Å². The summed E-state index contributed by atoms with van der Waals surface area (Å²) < 4.78 is 9.87. The highest BCUT2D eigenvalue weighted by Gasteiger charge is 2.41. The molecule has 0 saturated carbocycles. The van der Waals surface area contributed by atoms with Gasteiger partial charge in [0.15, 0.2) is 12.4 Å². The molecular formula is C17H15Cl2NO7S. The van der Waals surface area contributed by atoms with Crippen LogP contribution in [0.5, 0.6) is 5.75 Å². The average molecular weight is 448 g/mol. The summed E-state index contributed by atoms with van der Waals surface area (Å²) >= 11 is 12.8. The average Bonchev–Trinajstić information content (AvgIpc) is 2.87. The van der Waals surface area contributed by atoms with E-state index in [1.165, 1.54) is 25.1 Å². The number of carbonyl (C=O) groups is 4. The van der Waals surface area contributed by atoms with E-state index in [-0.39, 0.29) is 27.3 Å². The van der Waals surface area contributed by atoms with Crippen LogP contribution in [-0.2, 0) is 19.1 Å². The van der Waals surface area contributed by atoms with Gasteiger partial charge in [-0.3, -0.25) is 14.5 Å². The molecule has 1 aromatic rings. The molecule has 1 aromatic carbocycles. The number of carbonyl (C=O) groups excluding carboxylic acids is 3. The summed E-state index contributed by atoms with van der Waals surface area (Å²) in [5.74, 6) is -2.53. The first kappa shape index (κ1) is 22.1. The summed E-state index contributed by atoms with van der Waals surface area (Å²) in [6.45, 7) is 2.53. The van der Waals surface area contributed by atoms with E-state index in [0.29, 0.717) is 17.3 Å². The monoisotopic (exact) mass is 447 g/mol. The van der Waals surface area contributed by atoms with Crippen molar-refractivity contribution in [2.45, 2.75) is 19.9 Å². The molecule has 1 heterocycles. The van der Waals surface area contributed by atoms with Gasteiger partial charge < -0.3 is 14.6 Å². The van der Waals surface area contributed by atoms with Crippen LogP contribution in [0.3, 0.4) is 0 Å². The predicted molar refractivity (Wildman–Crippen MR) is 103 cm³/mol. The highest BCUT2D eigenvalue weighted by Crippen LogP contribution is 2.38. The van der Waals surface area contributed by atoms with Gasteiger partial charge in [0, 0.05) is 0 Å². The summed E-state index contributed by atoms with van der Waals surface area (Å²) in [5.41, 5.74) is 0.395. The van der Waals surface area contributed by atoms with E-state index in [0.717, 1.165) is 4.90 Å². The Hall–Kier alpha value is -2.23. The van der Waals surface area contributed by atoms with Crippen molar-refractivity contribution in [3.05, 3.63) is 32.6 Å². The van der Waals surface area contributed by atoms with E-state index in [9.17, 15) is 19.2 Å². The second kappa shape index (κ2) is 9.31. The van der Waals surface area contributed by atoms with Gasteiger partial charge in [-0.1, -0.05) is 23.2 Å². The minimum atomic E-state index is -1.19. The fourth-order valence-electron chi connectivity index (χ4n) is 2.27. The van der Waals surface area contributed by atoms with E-state index in [1.807, 2.05) is 0 Å². The van der Waals surface area contributed by atoms with Gasteiger partial charge in [0.25, 0.3) is 11.1 Å². The van der Waals surface area contributed by atoms with E-state index in [1.54, 1.807) is 6.92 Å². The lowest BCUT2D eigenvalue weighted by atomic mass is 10.2. The first-order valence-corrected chi connectivity index (χ1v) is 9.50. The highest BCUT2D eigenvalue weighted by molar-refractivity contribution is 8.18. The highest BCUT2D eigenvalue weighted by atomic mass is 35.5. The Kier molecular flexibility index (Phi) is 7.34. The van der Waals surface area contributed by atoms with Crippen molar-refractivity contribution in [3.63, 3.8) is 0 Å². The van der Waals surface area contributed by atoms with Crippen LogP contribution < -0.4 is 4.74 Å². The lowest BCUT2D eigenvalue weighted by Crippen LogP contribution is -2.42. The van der Waals surface area contributed by atoms with Gasteiger partial charge in [0.2, 0.25) is 0 Å². The molecule has 1 fully saturated rings. The number of thioether (sulfide) groups is 1. The van der Waals surface area contributed by atoms with Crippen LogP contribution in [-0.4, -0.2) is 52.3 Å². The summed E-state index contributed by atoms with van der Waals surface area (Å²) in [4.78, 5) is 48.0. The summed E-state index contributed by atoms with van der Waals surface area (Å²) in [7, 11) is 0. The number of benzene rings is 1. The number of imide groups is 1. The Balaban J connectivity index is 2.26. The van der Waals surface area contributed by atoms with Crippen LogP contribution in [0.2, 0.25) is 10.0 Å². The zero-order valence-corrected chi connectivity index (χ0v) is 17.1. The second-order valence-corrected chi connectivity index (χ2v) is 7.28. The number of halogens is 2. The number of aliphatic carboxylic acids is 1. The van der Waals surface area contributed by atoms with Crippen molar-refractivity contribution in [3.8, 4) is 5.75 Å². The predicted octanol–water partition coefficient (Wildman–Crippen LogP) is 3.44. The second-order valence-electron chi connectivity index (χ2n) is 5.48. The Morgan fingerprint density at radius 2 is 1.89 bits per heavy atom. The van der Waals surface area contributed by atoms with Gasteiger partial charge in [-0.2, -0.15) is 0 Å². The zero-order valence-electron chi connectivity index (χ0n) is 14.7. The van der Waals surface area contributed by atoms with Gasteiger partial charge >= 0.3 is 11.9 Å². The fraction of sp³-hybridized carbons (Fsp3) is 0.294. The third-order valence-electron chi connectivity index (χ3n) is 3.50. The molecule has 1 aliphatic heterocycles.